The van der Waals surface area contributed by atoms with Crippen LogP contribution in [0.5, 0.6) is 5.75 Å². The zero-order valence-corrected chi connectivity index (χ0v) is 14.5. The summed E-state index contributed by atoms with van der Waals surface area (Å²) in [6.45, 7) is 0.590. The molecule has 0 amide bonds. The zero-order chi connectivity index (χ0) is 17.1. The second-order valence-corrected chi connectivity index (χ2v) is 6.72. The van der Waals surface area contributed by atoms with Gasteiger partial charge in [-0.2, -0.15) is 0 Å². The van der Waals surface area contributed by atoms with Gasteiger partial charge in [0.2, 0.25) is 0 Å². The molecule has 25 heavy (non-hydrogen) atoms. The molecular formula is C23H23NO. The first-order valence-electron chi connectivity index (χ1n) is 8.86. The van der Waals surface area contributed by atoms with Gasteiger partial charge in [-0.05, 0) is 60.3 Å². The second-order valence-electron chi connectivity index (χ2n) is 6.72. The lowest BCUT2D eigenvalue weighted by Crippen LogP contribution is -2.24. The minimum atomic E-state index is 0.192. The molecule has 1 fully saturated rings. The molecule has 0 heterocycles. The molecule has 4 rings (SSSR count). The highest BCUT2D eigenvalue weighted by Gasteiger charge is 2.42. The van der Waals surface area contributed by atoms with E-state index in [0.717, 1.165) is 5.75 Å². The van der Waals surface area contributed by atoms with Crippen LogP contribution in [0.2, 0.25) is 0 Å². The van der Waals surface area contributed by atoms with Gasteiger partial charge in [-0.15, -0.1) is 0 Å². The standard InChI is InChI=1S/C23H23NO/c1-24-23(13-14-23)21-11-5-9-19(15-21)20-10-6-12-22(16-20)25-17-18-7-3-2-4-8-18/h2-12,15-16,24H,13-14,17H2,1H3. The van der Waals surface area contributed by atoms with Crippen LogP contribution in [0.25, 0.3) is 11.1 Å². The van der Waals surface area contributed by atoms with Gasteiger partial charge in [0.1, 0.15) is 12.4 Å². The Balaban J connectivity index is 1.54. The van der Waals surface area contributed by atoms with Crippen molar-refractivity contribution in [3.05, 3.63) is 90.0 Å². The number of hydrogen-bond donors (Lipinski definition) is 1. The van der Waals surface area contributed by atoms with E-state index >= 15 is 0 Å². The normalized spacial score (nSPS) is 14.9. The van der Waals surface area contributed by atoms with Crippen molar-refractivity contribution in [2.75, 3.05) is 7.05 Å². The predicted octanol–water partition coefficient (Wildman–Crippen LogP) is 5.14. The lowest BCUT2D eigenvalue weighted by Gasteiger charge is -2.16. The highest BCUT2D eigenvalue weighted by atomic mass is 16.5. The summed E-state index contributed by atoms with van der Waals surface area (Å²) in [7, 11) is 2.05. The molecule has 3 aromatic rings. The first-order valence-corrected chi connectivity index (χ1v) is 8.86. The molecule has 0 spiro atoms. The molecule has 1 aliphatic carbocycles. The number of nitrogens with one attached hydrogen (secondary N) is 1. The fraction of sp³-hybridized carbons (Fsp3) is 0.217. The quantitative estimate of drug-likeness (QED) is 0.676. The third-order valence-corrected chi connectivity index (χ3v) is 5.06. The summed E-state index contributed by atoms with van der Waals surface area (Å²) in [6.07, 6.45) is 2.43. The van der Waals surface area contributed by atoms with Crippen molar-refractivity contribution in [3.8, 4) is 16.9 Å². The van der Waals surface area contributed by atoms with Gasteiger partial charge >= 0.3 is 0 Å². The fourth-order valence-corrected chi connectivity index (χ4v) is 3.31. The summed E-state index contributed by atoms with van der Waals surface area (Å²) < 4.78 is 5.97. The van der Waals surface area contributed by atoms with Crippen LogP contribution in [-0.4, -0.2) is 7.05 Å². The molecule has 1 aliphatic rings. The molecule has 2 nitrogen and oxygen atoms in total. The number of rotatable bonds is 6. The molecule has 0 aromatic heterocycles. The Kier molecular flexibility index (Phi) is 4.29. The minimum absolute atomic E-state index is 0.192. The first kappa shape index (κ1) is 15.9. The van der Waals surface area contributed by atoms with E-state index in [9.17, 15) is 0 Å². The summed E-state index contributed by atoms with van der Waals surface area (Å²) in [6, 6.07) is 27.5. The van der Waals surface area contributed by atoms with E-state index < -0.39 is 0 Å². The third-order valence-electron chi connectivity index (χ3n) is 5.06. The molecule has 0 aliphatic heterocycles. The Hall–Kier alpha value is -2.58. The Morgan fingerprint density at radius 2 is 1.56 bits per heavy atom. The Bertz CT molecular complexity index is 853. The molecule has 0 radical (unpaired) electrons. The van der Waals surface area contributed by atoms with Crippen molar-refractivity contribution in [1.29, 1.82) is 0 Å². The van der Waals surface area contributed by atoms with E-state index in [4.69, 9.17) is 4.74 Å². The summed E-state index contributed by atoms with van der Waals surface area (Å²) in [5, 5.41) is 3.47. The van der Waals surface area contributed by atoms with Gasteiger partial charge in [-0.25, -0.2) is 0 Å². The minimum Gasteiger partial charge on any atom is -0.489 e. The first-order chi connectivity index (χ1) is 12.3. The number of hydrogen-bond acceptors (Lipinski definition) is 2. The lowest BCUT2D eigenvalue weighted by molar-refractivity contribution is 0.306. The zero-order valence-electron chi connectivity index (χ0n) is 14.5. The maximum absolute atomic E-state index is 5.97. The number of benzene rings is 3. The molecule has 0 atom stereocenters. The Morgan fingerprint density at radius 3 is 2.28 bits per heavy atom. The molecule has 126 valence electrons. The Labute approximate surface area is 149 Å². The summed E-state index contributed by atoms with van der Waals surface area (Å²) in [5.41, 5.74) is 5.18. The van der Waals surface area contributed by atoms with Crippen LogP contribution in [0.15, 0.2) is 78.9 Å². The second kappa shape index (κ2) is 6.73. The van der Waals surface area contributed by atoms with E-state index in [1.807, 2.05) is 24.3 Å². The van der Waals surface area contributed by atoms with Crippen LogP contribution in [0.3, 0.4) is 0 Å². The van der Waals surface area contributed by atoms with Gasteiger partial charge in [-0.3, -0.25) is 0 Å². The van der Waals surface area contributed by atoms with E-state index in [1.165, 1.54) is 35.1 Å². The van der Waals surface area contributed by atoms with Crippen LogP contribution >= 0.6 is 0 Å². The van der Waals surface area contributed by atoms with Crippen LogP contribution < -0.4 is 10.1 Å². The monoisotopic (exact) mass is 329 g/mol. The highest BCUT2D eigenvalue weighted by molar-refractivity contribution is 5.66. The van der Waals surface area contributed by atoms with Crippen molar-refractivity contribution in [3.63, 3.8) is 0 Å². The molecule has 3 aromatic carbocycles. The predicted molar refractivity (Wildman–Crippen MR) is 103 cm³/mol. The van der Waals surface area contributed by atoms with Gasteiger partial charge in [0.05, 0.1) is 0 Å². The average Bonchev–Trinajstić information content (AvgIpc) is 3.49. The van der Waals surface area contributed by atoms with Gasteiger partial charge in [-0.1, -0.05) is 60.7 Å². The summed E-state index contributed by atoms with van der Waals surface area (Å²) >= 11 is 0. The lowest BCUT2D eigenvalue weighted by atomic mass is 9.98. The molecule has 0 saturated heterocycles. The molecule has 2 heteroatoms. The van der Waals surface area contributed by atoms with Crippen LogP contribution in [0.4, 0.5) is 0 Å². The average molecular weight is 329 g/mol. The van der Waals surface area contributed by atoms with Crippen LogP contribution in [-0.2, 0) is 12.1 Å². The van der Waals surface area contributed by atoms with Crippen molar-refractivity contribution in [1.82, 2.24) is 5.32 Å². The largest absolute Gasteiger partial charge is 0.489 e. The summed E-state index contributed by atoms with van der Waals surface area (Å²) in [4.78, 5) is 0. The van der Waals surface area contributed by atoms with Crippen molar-refractivity contribution >= 4 is 0 Å². The van der Waals surface area contributed by atoms with Gasteiger partial charge in [0, 0.05) is 5.54 Å². The number of ether oxygens (including phenoxy) is 1. The highest BCUT2D eigenvalue weighted by Crippen LogP contribution is 2.45. The maximum Gasteiger partial charge on any atom is 0.120 e. The topological polar surface area (TPSA) is 21.3 Å². The van der Waals surface area contributed by atoms with E-state index in [1.54, 1.807) is 0 Å². The van der Waals surface area contributed by atoms with E-state index in [-0.39, 0.29) is 5.54 Å². The van der Waals surface area contributed by atoms with Crippen molar-refractivity contribution < 1.29 is 4.74 Å². The third kappa shape index (κ3) is 3.45. The molecule has 1 N–H and O–H groups in total. The van der Waals surface area contributed by atoms with Crippen molar-refractivity contribution in [2.45, 2.75) is 25.0 Å². The smallest absolute Gasteiger partial charge is 0.120 e. The SMILES string of the molecule is CNC1(c2cccc(-c3cccc(OCc4ccccc4)c3)c2)CC1. The van der Waals surface area contributed by atoms with Crippen molar-refractivity contribution in [2.24, 2.45) is 0 Å². The van der Waals surface area contributed by atoms with E-state index in [2.05, 4.69) is 67.0 Å². The molecule has 0 unspecified atom stereocenters. The van der Waals surface area contributed by atoms with Gasteiger partial charge in [0.15, 0.2) is 0 Å². The van der Waals surface area contributed by atoms with Gasteiger partial charge < -0.3 is 10.1 Å². The molecule has 0 bridgehead atoms. The van der Waals surface area contributed by atoms with E-state index in [0.29, 0.717) is 6.61 Å². The fourth-order valence-electron chi connectivity index (χ4n) is 3.31. The molecule has 1 saturated carbocycles. The Morgan fingerprint density at radius 1 is 0.840 bits per heavy atom. The summed E-state index contributed by atoms with van der Waals surface area (Å²) in [5.74, 6) is 0.904. The maximum atomic E-state index is 5.97. The van der Waals surface area contributed by atoms with Crippen LogP contribution in [0.1, 0.15) is 24.0 Å². The van der Waals surface area contributed by atoms with Gasteiger partial charge in [0.25, 0.3) is 0 Å². The molecular weight excluding hydrogens is 306 g/mol. The van der Waals surface area contributed by atoms with Crippen LogP contribution in [0, 0.1) is 0 Å².